The first-order chi connectivity index (χ1) is 21.6. The molecule has 3 atom stereocenters. The van der Waals surface area contributed by atoms with E-state index in [2.05, 4.69) is 9.36 Å². The van der Waals surface area contributed by atoms with Crippen LogP contribution in [0, 0.1) is 5.82 Å². The van der Waals surface area contributed by atoms with Crippen LogP contribution in [0.3, 0.4) is 0 Å². The maximum Gasteiger partial charge on any atom is 0.417 e. The number of aliphatic hydroxyl groups is 1. The number of alkyl halides is 3. The first kappa shape index (κ1) is 31.1. The second-order valence-electron chi connectivity index (χ2n) is 11.2. The monoisotopic (exact) mass is 644 g/mol. The van der Waals surface area contributed by atoms with Crippen LogP contribution in [0.5, 0.6) is 17.2 Å². The summed E-state index contributed by atoms with van der Waals surface area (Å²) in [7, 11) is 3.18. The first-order valence-electron chi connectivity index (χ1n) is 14.4. The van der Waals surface area contributed by atoms with Gasteiger partial charge in [0, 0.05) is 71.9 Å². The summed E-state index contributed by atoms with van der Waals surface area (Å²) in [4.78, 5) is 8.41. The van der Waals surface area contributed by atoms with E-state index in [1.54, 1.807) is 14.2 Å². The normalized spacial score (nSPS) is 21.9. The lowest BCUT2D eigenvalue weighted by Gasteiger charge is -2.48. The molecule has 0 radical (unpaired) electrons. The number of benzene rings is 3. The second kappa shape index (κ2) is 12.5. The molecule has 1 N–H and O–H groups in total. The smallest absolute Gasteiger partial charge is 0.417 e. The van der Waals surface area contributed by atoms with Gasteiger partial charge < -0.3 is 24.2 Å². The van der Waals surface area contributed by atoms with Crippen LogP contribution in [-0.4, -0.2) is 58.5 Å². The summed E-state index contributed by atoms with van der Waals surface area (Å²) in [5.74, 6) is 1.43. The lowest BCUT2D eigenvalue weighted by molar-refractivity contribution is -0.280. The number of aromatic nitrogens is 2. The maximum absolute atomic E-state index is 14.0. The topological polar surface area (TPSA) is 80.2 Å². The highest BCUT2D eigenvalue weighted by molar-refractivity contribution is 7.09. The Labute approximate surface area is 262 Å². The summed E-state index contributed by atoms with van der Waals surface area (Å²) in [5, 5.41) is 11.4. The van der Waals surface area contributed by atoms with Crippen LogP contribution >= 0.6 is 11.5 Å². The van der Waals surface area contributed by atoms with Gasteiger partial charge in [0.1, 0.15) is 29.4 Å². The summed E-state index contributed by atoms with van der Waals surface area (Å²) >= 11 is 1.24. The number of hydrogen-bond donors (Lipinski definition) is 1. The quantitative estimate of drug-likeness (QED) is 0.206. The number of nitrogens with zero attached hydrogens (tertiary/aromatic N) is 4. The summed E-state index contributed by atoms with van der Waals surface area (Å²) in [6, 6.07) is 15.7. The van der Waals surface area contributed by atoms with Crippen molar-refractivity contribution in [1.29, 1.82) is 0 Å². The molecule has 3 heterocycles. The third-order valence-electron chi connectivity index (χ3n) is 8.62. The van der Waals surface area contributed by atoms with Gasteiger partial charge >= 0.3 is 6.18 Å². The predicted molar refractivity (Wildman–Crippen MR) is 161 cm³/mol. The summed E-state index contributed by atoms with van der Waals surface area (Å²) < 4.78 is 77.0. The molecule has 3 aromatic carbocycles. The van der Waals surface area contributed by atoms with Crippen LogP contribution in [0.4, 0.5) is 28.4 Å². The lowest BCUT2D eigenvalue weighted by Crippen LogP contribution is -2.55. The molecule has 1 saturated heterocycles. The Morgan fingerprint density at radius 2 is 1.87 bits per heavy atom. The second-order valence-corrected chi connectivity index (χ2v) is 11.9. The van der Waals surface area contributed by atoms with Crippen molar-refractivity contribution in [3.8, 4) is 17.2 Å². The van der Waals surface area contributed by atoms with Crippen LogP contribution in [0.25, 0.3) is 0 Å². The molecule has 0 saturated carbocycles. The molecule has 2 aliphatic heterocycles. The van der Waals surface area contributed by atoms with Crippen LogP contribution in [0.1, 0.15) is 48.0 Å². The van der Waals surface area contributed by atoms with Crippen molar-refractivity contribution in [3.05, 3.63) is 89.5 Å². The first-order valence-corrected chi connectivity index (χ1v) is 15.2. The highest BCUT2D eigenvalue weighted by Crippen LogP contribution is 2.50. The van der Waals surface area contributed by atoms with Gasteiger partial charge in [-0.15, -0.1) is 0 Å². The van der Waals surface area contributed by atoms with Gasteiger partial charge in [-0.3, -0.25) is 4.90 Å². The van der Waals surface area contributed by atoms with Crippen molar-refractivity contribution in [3.63, 3.8) is 0 Å². The molecular weight excluding hydrogens is 612 g/mol. The van der Waals surface area contributed by atoms with E-state index in [4.69, 9.17) is 14.2 Å². The molecule has 1 fully saturated rings. The molecule has 45 heavy (non-hydrogen) atoms. The average molecular weight is 645 g/mol. The van der Waals surface area contributed by atoms with Crippen molar-refractivity contribution in [2.45, 2.75) is 49.7 Å². The number of anilines is 2. The van der Waals surface area contributed by atoms with Gasteiger partial charge in [-0.1, -0.05) is 18.2 Å². The van der Waals surface area contributed by atoms with Gasteiger partial charge in [-0.25, -0.2) is 9.37 Å². The molecule has 0 amide bonds. The van der Waals surface area contributed by atoms with Crippen LogP contribution in [-0.2, 0) is 6.54 Å². The van der Waals surface area contributed by atoms with Crippen molar-refractivity contribution in [1.82, 2.24) is 14.3 Å². The number of methoxy groups -OCH3 is 2. The van der Waals surface area contributed by atoms with Crippen LogP contribution < -0.4 is 19.1 Å². The molecule has 0 bridgehead atoms. The Morgan fingerprint density at radius 1 is 1.07 bits per heavy atom. The molecule has 1 aromatic heterocycles. The van der Waals surface area contributed by atoms with E-state index in [0.29, 0.717) is 47.5 Å². The van der Waals surface area contributed by atoms with E-state index in [1.807, 2.05) is 46.2 Å². The van der Waals surface area contributed by atoms with E-state index >= 15 is 0 Å². The number of fused-ring (bicyclic) bond motifs is 1. The largest absolute Gasteiger partial charge is 0.497 e. The number of hydrogen-bond acceptors (Lipinski definition) is 9. The number of halogens is 4. The zero-order chi connectivity index (χ0) is 31.8. The highest BCUT2D eigenvalue weighted by Gasteiger charge is 2.57. The molecule has 0 spiro atoms. The van der Waals surface area contributed by atoms with Crippen molar-refractivity contribution in [2.24, 2.45) is 0 Å². The Balaban J connectivity index is 1.34. The fourth-order valence-electron chi connectivity index (χ4n) is 6.21. The Bertz CT molecular complexity index is 1620. The van der Waals surface area contributed by atoms with Crippen LogP contribution in [0.2, 0.25) is 0 Å². The minimum atomic E-state index is -4.79. The zero-order valence-electron chi connectivity index (χ0n) is 24.6. The van der Waals surface area contributed by atoms with E-state index in [9.17, 15) is 22.7 Å². The predicted octanol–water partition coefficient (Wildman–Crippen LogP) is 6.99. The van der Waals surface area contributed by atoms with Gasteiger partial charge in [0.2, 0.25) is 5.13 Å². The van der Waals surface area contributed by atoms with Gasteiger partial charge in [0.25, 0.3) is 0 Å². The summed E-state index contributed by atoms with van der Waals surface area (Å²) in [6.45, 7) is 0.750. The fraction of sp³-hybridized carbons (Fsp3) is 0.375. The van der Waals surface area contributed by atoms with Gasteiger partial charge in [-0.2, -0.15) is 17.5 Å². The Kier molecular flexibility index (Phi) is 8.59. The molecule has 238 valence electrons. The average Bonchev–Trinajstić information content (AvgIpc) is 3.58. The SMILES string of the molecule is COc1ccc(CN(c2ccc3c(c2)OCC[C@@H]3N2CC[C@@](O)(C(F)(F)F)C[C@H]2c2ccc(F)cc2)c2ncns2)c(OC)c1. The van der Waals surface area contributed by atoms with E-state index in [1.165, 1.54) is 42.1 Å². The van der Waals surface area contributed by atoms with Crippen LogP contribution in [0.15, 0.2) is 67.0 Å². The highest BCUT2D eigenvalue weighted by atomic mass is 32.1. The number of ether oxygens (including phenoxy) is 3. The molecular formula is C32H32F4N4O4S. The number of piperidine rings is 1. The van der Waals surface area contributed by atoms with Gasteiger partial charge in [-0.05, 0) is 42.3 Å². The molecule has 13 heteroatoms. The van der Waals surface area contributed by atoms with Crippen molar-refractivity contribution < 1.29 is 36.9 Å². The third kappa shape index (κ3) is 6.16. The standard InChI is InChI=1S/C32H32F4N4O4S/c1-42-24-9-5-21(28(16-24)43-2)18-40(30-37-19-38-45-30)23-8-10-25-26(11-14-44-29(25)15-23)39-13-12-31(41,32(34,35)36)17-27(39)20-3-6-22(33)7-4-20/h3-10,15-16,19,26-27,41H,11-14,17-18H2,1-2H3/t26-,27-,31-/m0/s1. The summed E-state index contributed by atoms with van der Waals surface area (Å²) in [6.07, 6.45) is -3.79. The molecule has 0 aliphatic carbocycles. The van der Waals surface area contributed by atoms with Crippen molar-refractivity contribution >= 4 is 22.4 Å². The van der Waals surface area contributed by atoms with Gasteiger partial charge in [0.05, 0.1) is 27.4 Å². The zero-order valence-corrected chi connectivity index (χ0v) is 25.4. The maximum atomic E-state index is 14.0. The molecule has 4 aromatic rings. The minimum Gasteiger partial charge on any atom is -0.497 e. The Hall–Kier alpha value is -3.94. The molecule has 8 nitrogen and oxygen atoms in total. The van der Waals surface area contributed by atoms with E-state index in [0.717, 1.165) is 16.8 Å². The van der Waals surface area contributed by atoms with Crippen molar-refractivity contribution in [2.75, 3.05) is 32.3 Å². The fourth-order valence-corrected chi connectivity index (χ4v) is 6.77. The van der Waals surface area contributed by atoms with E-state index < -0.39 is 36.5 Å². The van der Waals surface area contributed by atoms with E-state index in [-0.39, 0.29) is 12.6 Å². The number of likely N-dealkylation sites (tertiary alicyclic amines) is 1. The molecule has 2 aliphatic rings. The third-order valence-corrected chi connectivity index (χ3v) is 9.31. The Morgan fingerprint density at radius 3 is 2.56 bits per heavy atom. The molecule has 6 rings (SSSR count). The molecule has 0 unspecified atom stereocenters. The number of rotatable bonds is 8. The van der Waals surface area contributed by atoms with Gasteiger partial charge in [0.15, 0.2) is 5.60 Å². The minimum absolute atomic E-state index is 0.00190. The summed E-state index contributed by atoms with van der Waals surface area (Å²) in [5.41, 5.74) is 0.167. The lowest BCUT2D eigenvalue weighted by atomic mass is 9.81.